The summed E-state index contributed by atoms with van der Waals surface area (Å²) >= 11 is 0. The molecular weight excluding hydrogens is 550 g/mol. The molecule has 5 rings (SSSR count). The van der Waals surface area contributed by atoms with Crippen LogP contribution in [-0.4, -0.2) is 36.0 Å². The van der Waals surface area contributed by atoms with E-state index < -0.39 is 27.4 Å². The maximum Gasteiger partial charge on any atom is 0.311 e. The van der Waals surface area contributed by atoms with Crippen molar-refractivity contribution in [3.8, 4) is 11.3 Å². The van der Waals surface area contributed by atoms with Crippen molar-refractivity contribution in [2.75, 3.05) is 0 Å². The number of rotatable bonds is 9. The Morgan fingerprint density at radius 1 is 0.905 bits per heavy atom. The monoisotopic (exact) mass is 587 g/mol. The van der Waals surface area contributed by atoms with Crippen molar-refractivity contribution in [2.24, 2.45) is 18.4 Å². The fraction of sp³-hybridized carbons (Fsp3) is 0.333. The summed E-state index contributed by atoms with van der Waals surface area (Å²) in [5.41, 5.74) is 2.40. The second-order valence-corrected chi connectivity index (χ2v) is 13.4. The number of benzene rings is 3. The highest BCUT2D eigenvalue weighted by atomic mass is 32.2. The Morgan fingerprint density at radius 2 is 1.52 bits per heavy atom. The third-order valence-corrected chi connectivity index (χ3v) is 10.0. The first kappa shape index (κ1) is 29.5. The molecule has 1 heterocycles. The van der Waals surface area contributed by atoms with E-state index in [4.69, 9.17) is 0 Å². The molecule has 0 bridgehead atoms. The van der Waals surface area contributed by atoms with Gasteiger partial charge < -0.3 is 15.0 Å². The SMILES string of the molecule is Cn1c(-c2ccccc2)cc2ccc(S(=O)(=O)NC3CCC(C(=O)NC(c4ccccc4)C(C)(C)C(=O)O)CC3)cc21. The minimum Gasteiger partial charge on any atom is -0.481 e. The van der Waals surface area contributed by atoms with Crippen LogP contribution in [0.15, 0.2) is 89.8 Å². The molecule has 1 aliphatic rings. The number of aromatic nitrogens is 1. The van der Waals surface area contributed by atoms with Gasteiger partial charge >= 0.3 is 5.97 Å². The van der Waals surface area contributed by atoms with Gasteiger partial charge in [-0.25, -0.2) is 13.1 Å². The smallest absolute Gasteiger partial charge is 0.311 e. The summed E-state index contributed by atoms with van der Waals surface area (Å²) in [5, 5.41) is 13.8. The maximum atomic E-state index is 13.4. The molecule has 3 aromatic carbocycles. The predicted octanol–water partition coefficient (Wildman–Crippen LogP) is 5.65. The standard InChI is InChI=1S/C33H37N3O5S/c1-33(2,32(38)39)30(23-12-8-5-9-13-23)34-31(37)24-14-17-26(18-15-24)35-42(40,41)27-19-16-25-20-28(36(3)29(25)21-27)22-10-6-4-7-11-22/h4-13,16,19-21,24,26,30,35H,14-15,17-18H2,1-3H3,(H,34,37)(H,38,39). The second-order valence-electron chi connectivity index (χ2n) is 11.7. The van der Waals surface area contributed by atoms with E-state index in [-0.39, 0.29) is 22.8 Å². The molecule has 1 atom stereocenters. The molecule has 1 aromatic heterocycles. The van der Waals surface area contributed by atoms with Crippen LogP contribution in [0, 0.1) is 11.3 Å². The average molecular weight is 588 g/mol. The fourth-order valence-corrected chi connectivity index (χ4v) is 7.16. The minimum atomic E-state index is -3.77. The molecule has 0 spiro atoms. The number of hydrogen-bond acceptors (Lipinski definition) is 4. The van der Waals surface area contributed by atoms with Crippen LogP contribution >= 0.6 is 0 Å². The lowest BCUT2D eigenvalue weighted by atomic mass is 9.79. The van der Waals surface area contributed by atoms with Crippen molar-refractivity contribution >= 4 is 32.8 Å². The van der Waals surface area contributed by atoms with Crippen LogP contribution in [0.5, 0.6) is 0 Å². The molecule has 0 radical (unpaired) electrons. The molecule has 0 saturated heterocycles. The van der Waals surface area contributed by atoms with E-state index in [0.717, 1.165) is 27.7 Å². The van der Waals surface area contributed by atoms with Gasteiger partial charge in [0, 0.05) is 35.6 Å². The van der Waals surface area contributed by atoms with Gasteiger partial charge in [0.05, 0.1) is 16.4 Å². The van der Waals surface area contributed by atoms with Gasteiger partial charge in [0.1, 0.15) is 0 Å². The maximum absolute atomic E-state index is 13.4. The number of carboxylic acids is 1. The Balaban J connectivity index is 1.25. The summed E-state index contributed by atoms with van der Waals surface area (Å²) in [6.07, 6.45) is 2.04. The highest BCUT2D eigenvalue weighted by Crippen LogP contribution is 2.35. The van der Waals surface area contributed by atoms with E-state index in [0.29, 0.717) is 25.7 Å². The summed E-state index contributed by atoms with van der Waals surface area (Å²) in [5.74, 6) is -1.53. The molecule has 1 unspecified atom stereocenters. The first-order valence-corrected chi connectivity index (χ1v) is 15.7. The Labute approximate surface area is 246 Å². The van der Waals surface area contributed by atoms with Crippen molar-refractivity contribution < 1.29 is 23.1 Å². The number of sulfonamides is 1. The van der Waals surface area contributed by atoms with Gasteiger partial charge in [-0.15, -0.1) is 0 Å². The lowest BCUT2D eigenvalue weighted by molar-refractivity contribution is -0.149. The fourth-order valence-electron chi connectivity index (χ4n) is 5.83. The minimum absolute atomic E-state index is 0.206. The first-order valence-electron chi connectivity index (χ1n) is 14.2. The van der Waals surface area contributed by atoms with Gasteiger partial charge in [-0.05, 0) is 68.9 Å². The van der Waals surface area contributed by atoms with Gasteiger partial charge in [-0.3, -0.25) is 9.59 Å². The molecule has 220 valence electrons. The van der Waals surface area contributed by atoms with Crippen molar-refractivity contribution in [3.05, 3.63) is 90.5 Å². The number of nitrogens with zero attached hydrogens (tertiary/aromatic N) is 1. The third kappa shape index (κ3) is 5.98. The van der Waals surface area contributed by atoms with E-state index in [2.05, 4.69) is 16.1 Å². The van der Waals surface area contributed by atoms with Gasteiger partial charge in [0.2, 0.25) is 15.9 Å². The quantitative estimate of drug-likeness (QED) is 0.234. The topological polar surface area (TPSA) is 118 Å². The second kappa shape index (κ2) is 11.7. The van der Waals surface area contributed by atoms with E-state index in [1.165, 1.54) is 0 Å². The number of amides is 1. The molecule has 8 nitrogen and oxygen atoms in total. The van der Waals surface area contributed by atoms with Crippen molar-refractivity contribution in [2.45, 2.75) is 56.5 Å². The molecule has 4 aromatic rings. The summed E-state index contributed by atoms with van der Waals surface area (Å²) in [6.45, 7) is 3.21. The van der Waals surface area contributed by atoms with Crippen LogP contribution in [0.25, 0.3) is 22.2 Å². The summed E-state index contributed by atoms with van der Waals surface area (Å²) in [4.78, 5) is 25.5. The zero-order valence-corrected chi connectivity index (χ0v) is 24.9. The molecule has 1 fully saturated rings. The highest BCUT2D eigenvalue weighted by molar-refractivity contribution is 7.89. The summed E-state index contributed by atoms with van der Waals surface area (Å²) in [7, 11) is -1.84. The normalized spacial score (nSPS) is 18.5. The highest BCUT2D eigenvalue weighted by Gasteiger charge is 2.40. The van der Waals surface area contributed by atoms with Crippen LogP contribution in [0.2, 0.25) is 0 Å². The van der Waals surface area contributed by atoms with Gasteiger partial charge in [-0.2, -0.15) is 0 Å². The Hall–Kier alpha value is -3.95. The zero-order valence-electron chi connectivity index (χ0n) is 24.1. The first-order chi connectivity index (χ1) is 20.0. The van der Waals surface area contributed by atoms with Crippen LogP contribution in [0.3, 0.4) is 0 Å². The number of carbonyl (C=O) groups excluding carboxylic acids is 1. The average Bonchev–Trinajstić information content (AvgIpc) is 3.32. The van der Waals surface area contributed by atoms with E-state index in [1.54, 1.807) is 26.0 Å². The number of aryl methyl sites for hydroxylation is 1. The molecule has 0 aliphatic heterocycles. The summed E-state index contributed by atoms with van der Waals surface area (Å²) < 4.78 is 31.6. The van der Waals surface area contributed by atoms with Gasteiger partial charge in [-0.1, -0.05) is 66.7 Å². The molecule has 1 amide bonds. The van der Waals surface area contributed by atoms with Gasteiger partial charge in [0.25, 0.3) is 0 Å². The molecule has 1 saturated carbocycles. The van der Waals surface area contributed by atoms with Crippen molar-refractivity contribution in [3.63, 3.8) is 0 Å². The predicted molar refractivity (Wildman–Crippen MR) is 163 cm³/mol. The lowest BCUT2D eigenvalue weighted by Crippen LogP contribution is -2.46. The number of hydrogen-bond donors (Lipinski definition) is 3. The van der Waals surface area contributed by atoms with Crippen LogP contribution in [0.1, 0.15) is 51.1 Å². The van der Waals surface area contributed by atoms with Crippen LogP contribution in [-0.2, 0) is 26.7 Å². The Kier molecular flexibility index (Phi) is 8.25. The molecular formula is C33H37N3O5S. The largest absolute Gasteiger partial charge is 0.481 e. The van der Waals surface area contributed by atoms with Crippen LogP contribution in [0.4, 0.5) is 0 Å². The molecule has 3 N–H and O–H groups in total. The molecule has 1 aliphatic carbocycles. The van der Waals surface area contributed by atoms with Crippen LogP contribution < -0.4 is 10.0 Å². The zero-order chi connectivity index (χ0) is 30.1. The van der Waals surface area contributed by atoms with Crippen molar-refractivity contribution in [1.82, 2.24) is 14.6 Å². The Morgan fingerprint density at radius 3 is 2.14 bits per heavy atom. The molecule has 42 heavy (non-hydrogen) atoms. The van der Waals surface area contributed by atoms with E-state index in [9.17, 15) is 23.1 Å². The van der Waals surface area contributed by atoms with E-state index >= 15 is 0 Å². The summed E-state index contributed by atoms with van der Waals surface area (Å²) in [6, 6.07) is 25.3. The molecule has 9 heteroatoms. The number of fused-ring (bicyclic) bond motifs is 1. The third-order valence-electron chi connectivity index (χ3n) is 8.51. The lowest BCUT2D eigenvalue weighted by Gasteiger charge is -2.34. The van der Waals surface area contributed by atoms with Crippen molar-refractivity contribution in [1.29, 1.82) is 0 Å². The Bertz CT molecular complexity index is 1690. The number of carbonyl (C=O) groups is 2. The number of carboxylic acid groups (broad SMARTS) is 1. The van der Waals surface area contributed by atoms with Gasteiger partial charge in [0.15, 0.2) is 0 Å². The number of aliphatic carboxylic acids is 1. The number of nitrogens with one attached hydrogen (secondary N) is 2. The van der Waals surface area contributed by atoms with E-state index in [1.807, 2.05) is 78.3 Å².